The predicted molar refractivity (Wildman–Crippen MR) is 44.4 cm³/mol. The van der Waals surface area contributed by atoms with Crippen molar-refractivity contribution in [3.63, 3.8) is 0 Å². The fraction of sp³-hybridized carbons (Fsp3) is 0.111. The van der Waals surface area contributed by atoms with Gasteiger partial charge in [-0.2, -0.15) is 0 Å². The maximum Gasteiger partial charge on any atom is 0.168 e. The number of phenols is 1. The van der Waals surface area contributed by atoms with Gasteiger partial charge < -0.3 is 14.3 Å². The summed E-state index contributed by atoms with van der Waals surface area (Å²) in [5, 5.41) is 10.2. The van der Waals surface area contributed by atoms with Crippen molar-refractivity contribution >= 4 is 11.0 Å². The minimum Gasteiger partial charge on any atom is -0.504 e. The Morgan fingerprint density at radius 3 is 2.92 bits per heavy atom. The average Bonchev–Trinajstić information content (AvgIpc) is 2.53. The maximum absolute atomic E-state index is 9.55. The highest BCUT2D eigenvalue weighted by molar-refractivity contribution is 5.86. The molecule has 0 bridgehead atoms. The number of hydrogen-bond donors (Lipinski definition) is 1. The van der Waals surface area contributed by atoms with E-state index in [1.165, 1.54) is 13.4 Å². The number of ether oxygens (including phenoxy) is 1. The van der Waals surface area contributed by atoms with Gasteiger partial charge in [-0.3, -0.25) is 0 Å². The van der Waals surface area contributed by atoms with Crippen LogP contribution in [0.3, 0.4) is 0 Å². The molecular formula is C9H8O3. The van der Waals surface area contributed by atoms with E-state index in [0.29, 0.717) is 16.7 Å². The van der Waals surface area contributed by atoms with Crippen LogP contribution in [-0.4, -0.2) is 12.2 Å². The van der Waals surface area contributed by atoms with Crippen molar-refractivity contribution in [2.45, 2.75) is 0 Å². The van der Waals surface area contributed by atoms with Crippen molar-refractivity contribution in [2.75, 3.05) is 7.11 Å². The van der Waals surface area contributed by atoms with Gasteiger partial charge in [0.1, 0.15) is 5.58 Å². The fourth-order valence-electron chi connectivity index (χ4n) is 1.17. The smallest absolute Gasteiger partial charge is 0.168 e. The first-order chi connectivity index (χ1) is 5.83. The Morgan fingerprint density at radius 1 is 1.33 bits per heavy atom. The lowest BCUT2D eigenvalue weighted by Gasteiger charge is -2.01. The highest BCUT2D eigenvalue weighted by Crippen LogP contribution is 2.34. The Hall–Kier alpha value is -1.64. The standard InChI is InChI=1S/C9H8O3/c1-11-8-3-2-7-6(9(8)10)4-5-12-7/h2-5,10H,1H3. The molecule has 0 saturated heterocycles. The molecule has 0 saturated carbocycles. The Bertz CT molecular complexity index is 403. The molecule has 0 unspecified atom stereocenters. The zero-order valence-electron chi connectivity index (χ0n) is 6.57. The van der Waals surface area contributed by atoms with Crippen molar-refractivity contribution in [3.05, 3.63) is 24.5 Å². The molecule has 0 spiro atoms. The molecule has 1 aromatic heterocycles. The second-order valence-corrected chi connectivity index (χ2v) is 2.45. The molecule has 0 atom stereocenters. The van der Waals surface area contributed by atoms with E-state index in [2.05, 4.69) is 0 Å². The number of fused-ring (bicyclic) bond motifs is 1. The minimum atomic E-state index is 0.128. The van der Waals surface area contributed by atoms with Gasteiger partial charge in [-0.1, -0.05) is 0 Å². The van der Waals surface area contributed by atoms with Crippen LogP contribution in [0.1, 0.15) is 0 Å². The first kappa shape index (κ1) is 7.03. The topological polar surface area (TPSA) is 42.6 Å². The molecule has 3 nitrogen and oxygen atoms in total. The van der Waals surface area contributed by atoms with Crippen LogP contribution in [0.5, 0.6) is 11.5 Å². The molecule has 1 heterocycles. The second kappa shape index (κ2) is 2.44. The molecule has 2 aromatic rings. The third-order valence-electron chi connectivity index (χ3n) is 1.79. The fourth-order valence-corrected chi connectivity index (χ4v) is 1.17. The molecule has 12 heavy (non-hydrogen) atoms. The number of rotatable bonds is 1. The molecule has 0 amide bonds. The highest BCUT2D eigenvalue weighted by atomic mass is 16.5. The third kappa shape index (κ3) is 0.830. The monoisotopic (exact) mass is 164 g/mol. The van der Waals surface area contributed by atoms with Crippen LogP contribution in [0.2, 0.25) is 0 Å². The molecule has 2 rings (SSSR count). The maximum atomic E-state index is 9.55. The number of hydrogen-bond acceptors (Lipinski definition) is 3. The van der Waals surface area contributed by atoms with Gasteiger partial charge in [0.2, 0.25) is 0 Å². The Labute approximate surface area is 69.2 Å². The largest absolute Gasteiger partial charge is 0.504 e. The molecule has 0 radical (unpaired) electrons. The lowest BCUT2D eigenvalue weighted by atomic mass is 10.2. The van der Waals surface area contributed by atoms with E-state index in [1.54, 1.807) is 18.2 Å². The number of aromatic hydroxyl groups is 1. The number of phenolic OH excluding ortho intramolecular Hbond substituents is 1. The molecule has 62 valence electrons. The molecule has 1 N–H and O–H groups in total. The second-order valence-electron chi connectivity index (χ2n) is 2.45. The van der Waals surface area contributed by atoms with Crippen LogP contribution >= 0.6 is 0 Å². The van der Waals surface area contributed by atoms with Crippen molar-refractivity contribution in [1.29, 1.82) is 0 Å². The van der Waals surface area contributed by atoms with Gasteiger partial charge in [0.05, 0.1) is 18.8 Å². The van der Waals surface area contributed by atoms with E-state index in [4.69, 9.17) is 9.15 Å². The zero-order chi connectivity index (χ0) is 8.55. The van der Waals surface area contributed by atoms with E-state index < -0.39 is 0 Å². The summed E-state index contributed by atoms with van der Waals surface area (Å²) in [5.41, 5.74) is 0.660. The molecular weight excluding hydrogens is 156 g/mol. The van der Waals surface area contributed by atoms with Crippen LogP contribution in [0, 0.1) is 0 Å². The quantitative estimate of drug-likeness (QED) is 0.702. The molecule has 3 heteroatoms. The summed E-state index contributed by atoms with van der Waals surface area (Å²) in [5.74, 6) is 0.590. The predicted octanol–water partition coefficient (Wildman–Crippen LogP) is 2.15. The van der Waals surface area contributed by atoms with Crippen LogP contribution < -0.4 is 4.74 Å². The number of methoxy groups -OCH3 is 1. The van der Waals surface area contributed by atoms with E-state index in [-0.39, 0.29) is 5.75 Å². The number of benzene rings is 1. The summed E-state index contributed by atoms with van der Waals surface area (Å²) < 4.78 is 10.0. The van der Waals surface area contributed by atoms with Gasteiger partial charge in [-0.05, 0) is 18.2 Å². The molecule has 0 aliphatic rings. The van der Waals surface area contributed by atoms with E-state index in [1.807, 2.05) is 0 Å². The molecule has 0 aliphatic carbocycles. The van der Waals surface area contributed by atoms with Crippen LogP contribution in [0.4, 0.5) is 0 Å². The van der Waals surface area contributed by atoms with Crippen LogP contribution in [-0.2, 0) is 0 Å². The van der Waals surface area contributed by atoms with Gasteiger partial charge in [-0.25, -0.2) is 0 Å². The normalized spacial score (nSPS) is 10.4. The third-order valence-corrected chi connectivity index (χ3v) is 1.79. The molecule has 0 aliphatic heterocycles. The molecule has 0 fully saturated rings. The lowest BCUT2D eigenvalue weighted by Crippen LogP contribution is -1.82. The van der Waals surface area contributed by atoms with Crippen LogP contribution in [0.25, 0.3) is 11.0 Å². The van der Waals surface area contributed by atoms with Crippen molar-refractivity contribution in [1.82, 2.24) is 0 Å². The minimum absolute atomic E-state index is 0.128. The van der Waals surface area contributed by atoms with E-state index in [9.17, 15) is 5.11 Å². The summed E-state index contributed by atoms with van der Waals surface area (Å²) in [6.45, 7) is 0. The summed E-state index contributed by atoms with van der Waals surface area (Å²) in [7, 11) is 1.51. The van der Waals surface area contributed by atoms with Crippen LogP contribution in [0.15, 0.2) is 28.9 Å². The SMILES string of the molecule is COc1ccc2occc2c1O. The van der Waals surface area contributed by atoms with Gasteiger partial charge in [0.15, 0.2) is 11.5 Å². The summed E-state index contributed by atoms with van der Waals surface area (Å²) >= 11 is 0. The summed E-state index contributed by atoms with van der Waals surface area (Å²) in [6.07, 6.45) is 1.53. The summed E-state index contributed by atoms with van der Waals surface area (Å²) in [6, 6.07) is 5.13. The average molecular weight is 164 g/mol. The first-order valence-corrected chi connectivity index (χ1v) is 3.56. The van der Waals surface area contributed by atoms with Gasteiger partial charge in [0, 0.05) is 0 Å². The van der Waals surface area contributed by atoms with Gasteiger partial charge >= 0.3 is 0 Å². The van der Waals surface area contributed by atoms with Gasteiger partial charge in [-0.15, -0.1) is 0 Å². The lowest BCUT2D eigenvalue weighted by molar-refractivity contribution is 0.376. The highest BCUT2D eigenvalue weighted by Gasteiger charge is 2.07. The zero-order valence-corrected chi connectivity index (χ0v) is 6.57. The van der Waals surface area contributed by atoms with Crippen molar-refractivity contribution < 1.29 is 14.3 Å². The van der Waals surface area contributed by atoms with Gasteiger partial charge in [0.25, 0.3) is 0 Å². The van der Waals surface area contributed by atoms with Crippen molar-refractivity contribution in [2.24, 2.45) is 0 Å². The summed E-state index contributed by atoms with van der Waals surface area (Å²) in [4.78, 5) is 0. The van der Waals surface area contributed by atoms with E-state index in [0.717, 1.165) is 0 Å². The first-order valence-electron chi connectivity index (χ1n) is 3.56. The Kier molecular flexibility index (Phi) is 1.43. The Morgan fingerprint density at radius 2 is 2.17 bits per heavy atom. The molecule has 1 aromatic carbocycles. The Balaban J connectivity index is 2.78. The number of furan rings is 1. The van der Waals surface area contributed by atoms with E-state index >= 15 is 0 Å². The van der Waals surface area contributed by atoms with Crippen molar-refractivity contribution in [3.8, 4) is 11.5 Å².